The Morgan fingerprint density at radius 1 is 1.24 bits per heavy atom. The number of hydrogen-bond acceptors (Lipinski definition) is 3. The molecule has 0 atom stereocenters. The third-order valence-corrected chi connectivity index (χ3v) is 2.84. The zero-order chi connectivity index (χ0) is 15.8. The number of aromatic nitrogens is 1. The number of nitrogens with zero attached hydrogens (tertiary/aromatic N) is 1. The van der Waals surface area contributed by atoms with Gasteiger partial charge in [0.1, 0.15) is 17.4 Å². The lowest BCUT2D eigenvalue weighted by Gasteiger charge is -2.11. The predicted molar refractivity (Wildman–Crippen MR) is 68.6 cm³/mol. The third kappa shape index (κ3) is 2.89. The van der Waals surface area contributed by atoms with Gasteiger partial charge < -0.3 is 10.1 Å². The van der Waals surface area contributed by atoms with Crippen LogP contribution in [-0.4, -0.2) is 10.1 Å². The summed E-state index contributed by atoms with van der Waals surface area (Å²) >= 11 is 0. The van der Waals surface area contributed by atoms with E-state index in [1.54, 1.807) is 13.0 Å². The van der Waals surface area contributed by atoms with Crippen molar-refractivity contribution in [2.75, 3.05) is 0 Å². The number of rotatable bonds is 1. The second-order valence-corrected chi connectivity index (χ2v) is 4.45. The maximum Gasteiger partial charge on any atom is 0.416 e. The molecule has 0 aliphatic heterocycles. The molecule has 2 rings (SSSR count). The fraction of sp³-hybridized carbons (Fsp3) is 0.143. The summed E-state index contributed by atoms with van der Waals surface area (Å²) in [6.45, 7) is 1.54. The number of nitrogens with one attached hydrogen (secondary N) is 1. The number of benzene rings is 1. The van der Waals surface area contributed by atoms with E-state index in [9.17, 15) is 23.1 Å². The summed E-state index contributed by atoms with van der Waals surface area (Å²) < 4.78 is 38.3. The van der Waals surface area contributed by atoms with E-state index >= 15 is 0 Å². The number of aromatic amines is 1. The van der Waals surface area contributed by atoms with Crippen LogP contribution in [0.15, 0.2) is 29.1 Å². The lowest BCUT2D eigenvalue weighted by molar-refractivity contribution is -0.137. The first-order chi connectivity index (χ1) is 9.72. The van der Waals surface area contributed by atoms with Crippen molar-refractivity contribution in [1.82, 2.24) is 4.98 Å². The molecule has 108 valence electrons. The predicted octanol–water partition coefficient (Wildman–Crippen LogP) is 2.95. The molecule has 4 nitrogen and oxygen atoms in total. The number of nitriles is 1. The molecule has 0 aliphatic carbocycles. The van der Waals surface area contributed by atoms with Gasteiger partial charge in [0.05, 0.1) is 5.56 Å². The number of phenolic OH excluding ortho intramolecular Hbond substituents is 1. The number of aromatic hydroxyl groups is 1. The minimum Gasteiger partial charge on any atom is -0.508 e. The van der Waals surface area contributed by atoms with Gasteiger partial charge in [-0.25, -0.2) is 0 Å². The molecule has 0 spiro atoms. The van der Waals surface area contributed by atoms with Gasteiger partial charge in [-0.2, -0.15) is 18.4 Å². The lowest BCUT2D eigenvalue weighted by atomic mass is 9.98. The van der Waals surface area contributed by atoms with E-state index in [1.807, 2.05) is 0 Å². The van der Waals surface area contributed by atoms with Crippen molar-refractivity contribution in [2.45, 2.75) is 13.1 Å². The van der Waals surface area contributed by atoms with Gasteiger partial charge in [0.15, 0.2) is 0 Å². The zero-order valence-corrected chi connectivity index (χ0v) is 10.7. The number of phenols is 1. The van der Waals surface area contributed by atoms with E-state index in [4.69, 9.17) is 5.26 Å². The van der Waals surface area contributed by atoms with Crippen LogP contribution in [0.3, 0.4) is 0 Å². The summed E-state index contributed by atoms with van der Waals surface area (Å²) in [5.41, 5.74) is -1.66. The summed E-state index contributed by atoms with van der Waals surface area (Å²) in [6, 6.07) is 5.48. The molecule has 2 N–H and O–H groups in total. The normalized spacial score (nSPS) is 11.2. The highest BCUT2D eigenvalue weighted by molar-refractivity contribution is 5.72. The molecule has 0 fully saturated rings. The van der Waals surface area contributed by atoms with Crippen molar-refractivity contribution >= 4 is 0 Å². The average molecular weight is 294 g/mol. The van der Waals surface area contributed by atoms with Gasteiger partial charge in [-0.3, -0.25) is 4.79 Å². The maximum atomic E-state index is 12.8. The number of alkyl halides is 3. The minimum absolute atomic E-state index is 0.0418. The van der Waals surface area contributed by atoms with E-state index in [-0.39, 0.29) is 16.7 Å². The number of pyridine rings is 1. The Balaban J connectivity index is 2.77. The second-order valence-electron chi connectivity index (χ2n) is 4.45. The molecule has 1 aromatic heterocycles. The fourth-order valence-corrected chi connectivity index (χ4v) is 1.96. The summed E-state index contributed by atoms with van der Waals surface area (Å²) in [6.07, 6.45) is -4.64. The van der Waals surface area contributed by atoms with E-state index in [0.717, 1.165) is 12.1 Å². The standard InChI is InChI=1S/C14H9F3N2O2/c1-7-2-11(12(6-18)13(21)19-7)8-3-9(14(15,16)17)5-10(20)4-8/h2-5,20H,1H3,(H,19,21). The SMILES string of the molecule is Cc1cc(-c2cc(O)cc(C(F)(F)F)c2)c(C#N)c(=O)[nH]1. The van der Waals surface area contributed by atoms with Crippen molar-refractivity contribution in [3.63, 3.8) is 0 Å². The Bertz CT molecular complexity index is 801. The average Bonchev–Trinajstić information content (AvgIpc) is 2.36. The van der Waals surface area contributed by atoms with Crippen LogP contribution in [0.4, 0.5) is 13.2 Å². The van der Waals surface area contributed by atoms with Crippen molar-refractivity contribution in [3.8, 4) is 22.9 Å². The van der Waals surface area contributed by atoms with Crippen molar-refractivity contribution < 1.29 is 18.3 Å². The molecule has 2 aromatic rings. The van der Waals surface area contributed by atoms with E-state index in [0.29, 0.717) is 11.8 Å². The number of hydrogen-bond donors (Lipinski definition) is 2. The monoisotopic (exact) mass is 294 g/mol. The highest BCUT2D eigenvalue weighted by Crippen LogP contribution is 2.35. The largest absolute Gasteiger partial charge is 0.508 e. The molecular weight excluding hydrogens is 285 g/mol. The first-order valence-corrected chi connectivity index (χ1v) is 5.78. The molecule has 0 bridgehead atoms. The number of H-pyrrole nitrogens is 1. The summed E-state index contributed by atoms with van der Waals surface area (Å²) in [7, 11) is 0. The van der Waals surface area contributed by atoms with Gasteiger partial charge >= 0.3 is 6.18 Å². The van der Waals surface area contributed by atoms with Crippen LogP contribution in [0.25, 0.3) is 11.1 Å². The summed E-state index contributed by atoms with van der Waals surface area (Å²) in [5, 5.41) is 18.4. The first-order valence-electron chi connectivity index (χ1n) is 5.78. The van der Waals surface area contributed by atoms with Gasteiger partial charge in [-0.1, -0.05) is 0 Å². The second kappa shape index (κ2) is 4.98. The Morgan fingerprint density at radius 2 is 1.90 bits per heavy atom. The number of halogens is 3. The summed E-state index contributed by atoms with van der Waals surface area (Å²) in [5.74, 6) is -0.596. The van der Waals surface area contributed by atoms with Crippen LogP contribution in [0.1, 0.15) is 16.8 Å². The van der Waals surface area contributed by atoms with Crippen molar-refractivity contribution in [3.05, 3.63) is 51.4 Å². The fourth-order valence-electron chi connectivity index (χ4n) is 1.96. The van der Waals surface area contributed by atoms with Crippen LogP contribution < -0.4 is 5.56 Å². The van der Waals surface area contributed by atoms with Crippen LogP contribution in [0, 0.1) is 18.3 Å². The van der Waals surface area contributed by atoms with E-state index in [2.05, 4.69) is 4.98 Å². The lowest BCUT2D eigenvalue weighted by Crippen LogP contribution is -2.13. The molecule has 1 aromatic carbocycles. The van der Waals surface area contributed by atoms with Gasteiger partial charge in [0, 0.05) is 11.3 Å². The Hall–Kier alpha value is -2.75. The Kier molecular flexibility index (Phi) is 3.47. The molecule has 0 amide bonds. The van der Waals surface area contributed by atoms with E-state index in [1.165, 1.54) is 6.07 Å². The van der Waals surface area contributed by atoms with Crippen molar-refractivity contribution in [1.29, 1.82) is 5.26 Å². The summed E-state index contributed by atoms with van der Waals surface area (Å²) in [4.78, 5) is 14.1. The topological polar surface area (TPSA) is 76.9 Å². The molecule has 1 heterocycles. The zero-order valence-electron chi connectivity index (χ0n) is 10.7. The molecular formula is C14H9F3N2O2. The Labute approximate surface area is 117 Å². The molecule has 0 aliphatic rings. The third-order valence-electron chi connectivity index (χ3n) is 2.84. The molecule has 7 heteroatoms. The maximum absolute atomic E-state index is 12.8. The smallest absolute Gasteiger partial charge is 0.416 e. The van der Waals surface area contributed by atoms with Crippen LogP contribution in [-0.2, 0) is 6.18 Å². The highest BCUT2D eigenvalue weighted by atomic mass is 19.4. The first kappa shape index (κ1) is 14.7. The van der Waals surface area contributed by atoms with E-state index < -0.39 is 23.0 Å². The quantitative estimate of drug-likeness (QED) is 0.849. The van der Waals surface area contributed by atoms with Crippen molar-refractivity contribution in [2.24, 2.45) is 0 Å². The number of aryl methyl sites for hydroxylation is 1. The van der Waals surface area contributed by atoms with Crippen LogP contribution >= 0.6 is 0 Å². The molecule has 0 unspecified atom stereocenters. The Morgan fingerprint density at radius 3 is 2.48 bits per heavy atom. The molecule has 0 radical (unpaired) electrons. The highest BCUT2D eigenvalue weighted by Gasteiger charge is 2.31. The molecule has 0 saturated heterocycles. The van der Waals surface area contributed by atoms with Gasteiger partial charge in [0.25, 0.3) is 5.56 Å². The molecule has 0 saturated carbocycles. The van der Waals surface area contributed by atoms with Gasteiger partial charge in [-0.05, 0) is 36.8 Å². The van der Waals surface area contributed by atoms with Gasteiger partial charge in [-0.15, -0.1) is 0 Å². The minimum atomic E-state index is -4.64. The van der Waals surface area contributed by atoms with Crippen LogP contribution in [0.5, 0.6) is 5.75 Å². The van der Waals surface area contributed by atoms with Gasteiger partial charge in [0.2, 0.25) is 0 Å². The van der Waals surface area contributed by atoms with Crippen LogP contribution in [0.2, 0.25) is 0 Å². The molecule has 21 heavy (non-hydrogen) atoms.